The zero-order valence-corrected chi connectivity index (χ0v) is 12.2. The molecular weight excluding hydrogens is 256 g/mol. The molecule has 2 aromatic rings. The normalized spacial score (nSPS) is 9.19. The van der Waals surface area contributed by atoms with Gasteiger partial charge in [0.25, 0.3) is 0 Å². The SMILES string of the molecule is CCCN=C=Nc1ccccc1CC#Cc1ccccc1. The van der Waals surface area contributed by atoms with E-state index in [1.807, 2.05) is 54.6 Å². The minimum Gasteiger partial charge on any atom is -0.225 e. The third-order valence-electron chi connectivity index (χ3n) is 2.85. The highest BCUT2D eigenvalue weighted by Gasteiger charge is 1.97. The zero-order valence-electron chi connectivity index (χ0n) is 12.2. The molecular formula is C19H18N2. The van der Waals surface area contributed by atoms with E-state index in [4.69, 9.17) is 0 Å². The number of rotatable bonds is 4. The van der Waals surface area contributed by atoms with Crippen LogP contribution < -0.4 is 0 Å². The Hall–Kier alpha value is -2.62. The topological polar surface area (TPSA) is 24.7 Å². The monoisotopic (exact) mass is 274 g/mol. The van der Waals surface area contributed by atoms with E-state index in [1.165, 1.54) is 0 Å². The van der Waals surface area contributed by atoms with Crippen LogP contribution in [0.3, 0.4) is 0 Å². The molecule has 0 heterocycles. The van der Waals surface area contributed by atoms with Crippen LogP contribution in [-0.4, -0.2) is 12.6 Å². The Morgan fingerprint density at radius 2 is 1.71 bits per heavy atom. The van der Waals surface area contributed by atoms with Gasteiger partial charge in [0.2, 0.25) is 0 Å². The van der Waals surface area contributed by atoms with Crippen LogP contribution in [0, 0.1) is 11.8 Å². The van der Waals surface area contributed by atoms with Crippen molar-refractivity contribution >= 4 is 11.7 Å². The molecule has 0 aliphatic carbocycles. The molecule has 0 spiro atoms. The predicted molar refractivity (Wildman–Crippen MR) is 88.1 cm³/mol. The lowest BCUT2D eigenvalue weighted by atomic mass is 10.1. The van der Waals surface area contributed by atoms with Gasteiger partial charge in [-0.1, -0.05) is 55.2 Å². The Morgan fingerprint density at radius 1 is 0.952 bits per heavy atom. The summed E-state index contributed by atoms with van der Waals surface area (Å²) in [5.41, 5.74) is 3.02. The largest absolute Gasteiger partial charge is 0.225 e. The highest BCUT2D eigenvalue weighted by molar-refractivity contribution is 5.57. The van der Waals surface area contributed by atoms with E-state index in [0.29, 0.717) is 6.42 Å². The average Bonchev–Trinajstić information content (AvgIpc) is 2.54. The number of benzene rings is 2. The van der Waals surface area contributed by atoms with Crippen LogP contribution >= 0.6 is 0 Å². The van der Waals surface area contributed by atoms with E-state index >= 15 is 0 Å². The van der Waals surface area contributed by atoms with E-state index in [9.17, 15) is 0 Å². The summed E-state index contributed by atoms with van der Waals surface area (Å²) < 4.78 is 0. The molecule has 21 heavy (non-hydrogen) atoms. The van der Waals surface area contributed by atoms with Gasteiger partial charge >= 0.3 is 0 Å². The second-order valence-electron chi connectivity index (χ2n) is 4.57. The summed E-state index contributed by atoms with van der Waals surface area (Å²) in [4.78, 5) is 8.39. The van der Waals surface area contributed by atoms with E-state index in [2.05, 4.69) is 34.8 Å². The molecule has 0 atom stereocenters. The quantitative estimate of drug-likeness (QED) is 0.579. The third kappa shape index (κ3) is 5.10. The molecule has 104 valence electrons. The molecule has 2 rings (SSSR count). The Labute approximate surface area is 126 Å². The van der Waals surface area contributed by atoms with Crippen LogP contribution in [0.2, 0.25) is 0 Å². The molecule has 0 aliphatic heterocycles. The summed E-state index contributed by atoms with van der Waals surface area (Å²) in [6.07, 6.45) is 1.68. The Kier molecular flexibility index (Phi) is 6.00. The maximum Gasteiger partial charge on any atom is 0.0949 e. The lowest BCUT2D eigenvalue weighted by Crippen LogP contribution is -1.83. The fourth-order valence-electron chi connectivity index (χ4n) is 1.78. The number of para-hydroxylation sites is 1. The molecule has 2 nitrogen and oxygen atoms in total. The van der Waals surface area contributed by atoms with Gasteiger partial charge in [-0.2, -0.15) is 4.99 Å². The van der Waals surface area contributed by atoms with Crippen molar-refractivity contribution in [2.75, 3.05) is 6.54 Å². The Balaban J connectivity index is 2.10. The zero-order chi connectivity index (χ0) is 14.8. The average molecular weight is 274 g/mol. The number of hydrogen-bond acceptors (Lipinski definition) is 2. The first kappa shape index (κ1) is 14.8. The third-order valence-corrected chi connectivity index (χ3v) is 2.85. The van der Waals surface area contributed by atoms with Gasteiger partial charge in [0, 0.05) is 18.5 Å². The minimum atomic E-state index is 0.671. The summed E-state index contributed by atoms with van der Waals surface area (Å²) in [6, 6.07) is 20.7. The molecule has 0 saturated carbocycles. The van der Waals surface area contributed by atoms with Crippen molar-refractivity contribution in [1.82, 2.24) is 0 Å². The number of aliphatic imine (C=N–C) groups is 2. The van der Waals surface area contributed by atoms with E-state index in [-0.39, 0.29) is 0 Å². The fourth-order valence-corrected chi connectivity index (χ4v) is 1.78. The highest BCUT2D eigenvalue weighted by Crippen LogP contribution is 2.18. The maximum absolute atomic E-state index is 4.28. The smallest absolute Gasteiger partial charge is 0.0949 e. The van der Waals surface area contributed by atoms with Gasteiger partial charge in [-0.15, -0.1) is 0 Å². The first-order chi connectivity index (χ1) is 10.4. The number of hydrogen-bond donors (Lipinski definition) is 0. The van der Waals surface area contributed by atoms with Gasteiger partial charge in [0.1, 0.15) is 0 Å². The molecule has 0 radical (unpaired) electrons. The van der Waals surface area contributed by atoms with Crippen molar-refractivity contribution in [1.29, 1.82) is 0 Å². The van der Waals surface area contributed by atoms with E-state index in [1.54, 1.807) is 0 Å². The van der Waals surface area contributed by atoms with Crippen molar-refractivity contribution in [3.63, 3.8) is 0 Å². The predicted octanol–water partition coefficient (Wildman–Crippen LogP) is 4.50. The van der Waals surface area contributed by atoms with Gasteiger partial charge in [-0.25, -0.2) is 4.99 Å². The minimum absolute atomic E-state index is 0.671. The van der Waals surface area contributed by atoms with Crippen molar-refractivity contribution in [3.05, 3.63) is 65.7 Å². The molecule has 0 saturated heterocycles. The molecule has 0 bridgehead atoms. The van der Waals surface area contributed by atoms with Crippen molar-refractivity contribution in [2.24, 2.45) is 9.98 Å². The van der Waals surface area contributed by atoms with Gasteiger partial charge in [0.05, 0.1) is 11.7 Å². The molecule has 2 heteroatoms. The van der Waals surface area contributed by atoms with Crippen LogP contribution in [0.5, 0.6) is 0 Å². The summed E-state index contributed by atoms with van der Waals surface area (Å²) in [5.74, 6) is 6.35. The van der Waals surface area contributed by atoms with Crippen molar-refractivity contribution in [2.45, 2.75) is 19.8 Å². The Bertz CT molecular complexity index is 684. The summed E-state index contributed by atoms with van der Waals surface area (Å²) in [7, 11) is 0. The number of nitrogens with zero attached hydrogens (tertiary/aromatic N) is 2. The molecule has 0 unspecified atom stereocenters. The fraction of sp³-hybridized carbons (Fsp3) is 0.211. The van der Waals surface area contributed by atoms with Crippen molar-refractivity contribution in [3.8, 4) is 11.8 Å². The summed E-state index contributed by atoms with van der Waals surface area (Å²) >= 11 is 0. The molecule has 0 N–H and O–H groups in total. The van der Waals surface area contributed by atoms with Crippen LogP contribution in [0.25, 0.3) is 0 Å². The molecule has 0 aromatic heterocycles. The van der Waals surface area contributed by atoms with E-state index in [0.717, 1.165) is 29.8 Å². The molecule has 2 aromatic carbocycles. The second kappa shape index (κ2) is 8.53. The standard InChI is InChI=1S/C19H18N2/c1-2-15-20-16-21-19-14-7-6-12-18(19)13-8-11-17-9-4-3-5-10-17/h3-7,9-10,12,14H,2,13,15H2,1H3. The summed E-state index contributed by atoms with van der Waals surface area (Å²) in [6.45, 7) is 2.85. The van der Waals surface area contributed by atoms with Crippen molar-refractivity contribution < 1.29 is 0 Å². The van der Waals surface area contributed by atoms with Crippen LogP contribution in [0.4, 0.5) is 5.69 Å². The van der Waals surface area contributed by atoms with Gasteiger partial charge < -0.3 is 0 Å². The van der Waals surface area contributed by atoms with Gasteiger partial charge in [0.15, 0.2) is 0 Å². The second-order valence-corrected chi connectivity index (χ2v) is 4.57. The van der Waals surface area contributed by atoms with Crippen LogP contribution in [0.15, 0.2) is 64.6 Å². The molecule has 0 aliphatic rings. The molecule has 0 amide bonds. The van der Waals surface area contributed by atoms with Gasteiger partial charge in [-0.3, -0.25) is 0 Å². The lowest BCUT2D eigenvalue weighted by Gasteiger charge is -1.98. The first-order valence-electron chi connectivity index (χ1n) is 7.14. The van der Waals surface area contributed by atoms with Crippen LogP contribution in [-0.2, 0) is 6.42 Å². The van der Waals surface area contributed by atoms with Crippen LogP contribution in [0.1, 0.15) is 24.5 Å². The lowest BCUT2D eigenvalue weighted by molar-refractivity contribution is 0.937. The summed E-state index contributed by atoms with van der Waals surface area (Å²) in [5, 5.41) is 0. The molecule has 0 fully saturated rings. The van der Waals surface area contributed by atoms with E-state index < -0.39 is 0 Å². The highest BCUT2D eigenvalue weighted by atomic mass is 14.8. The first-order valence-corrected chi connectivity index (χ1v) is 7.14. The van der Waals surface area contributed by atoms with Gasteiger partial charge in [-0.05, 0) is 30.2 Å². The Morgan fingerprint density at radius 3 is 2.52 bits per heavy atom. The maximum atomic E-state index is 4.28.